The van der Waals surface area contributed by atoms with Gasteiger partial charge in [0.15, 0.2) is 0 Å². The number of benzene rings is 1. The monoisotopic (exact) mass is 291 g/mol. The van der Waals surface area contributed by atoms with Crippen LogP contribution in [0.1, 0.15) is 30.6 Å². The van der Waals surface area contributed by atoms with Crippen molar-refractivity contribution in [2.24, 2.45) is 0 Å². The van der Waals surface area contributed by atoms with Gasteiger partial charge in [-0.25, -0.2) is 9.59 Å². The number of aromatic nitrogens is 2. The van der Waals surface area contributed by atoms with Crippen molar-refractivity contribution in [3.63, 3.8) is 0 Å². The third-order valence-corrected chi connectivity index (χ3v) is 3.80. The summed E-state index contributed by atoms with van der Waals surface area (Å²) in [5.74, 6) is -0.996. The van der Waals surface area contributed by atoms with E-state index in [0.717, 1.165) is 18.5 Å². The fraction of sp³-hybridized carbons (Fsp3) is 0.467. The zero-order valence-electron chi connectivity index (χ0n) is 12.6. The number of fused-ring (bicyclic) bond motifs is 1. The van der Waals surface area contributed by atoms with E-state index in [4.69, 9.17) is 5.11 Å². The minimum atomic E-state index is -0.996. The number of nitrogens with one attached hydrogen (secondary N) is 1. The van der Waals surface area contributed by atoms with E-state index >= 15 is 0 Å². The predicted octanol–water partition coefficient (Wildman–Crippen LogP) is 1.76. The van der Waals surface area contributed by atoms with Gasteiger partial charge in [-0.05, 0) is 52.1 Å². The molecular formula is C15H21N3O3. The Morgan fingerprint density at radius 1 is 1.43 bits per heavy atom. The normalized spacial score (nSPS) is 11.7. The average Bonchev–Trinajstić information content (AvgIpc) is 2.73. The maximum absolute atomic E-state index is 12.0. The molecule has 6 nitrogen and oxygen atoms in total. The molecule has 0 atom stereocenters. The van der Waals surface area contributed by atoms with Gasteiger partial charge in [0.05, 0.1) is 16.6 Å². The summed E-state index contributed by atoms with van der Waals surface area (Å²) in [5.41, 5.74) is 1.30. The van der Waals surface area contributed by atoms with Gasteiger partial charge in [0.25, 0.3) is 0 Å². The van der Waals surface area contributed by atoms with E-state index in [0.29, 0.717) is 18.1 Å². The molecule has 0 aliphatic carbocycles. The topological polar surface area (TPSA) is 78.3 Å². The van der Waals surface area contributed by atoms with Crippen LogP contribution in [0.15, 0.2) is 23.0 Å². The molecule has 1 aromatic heterocycles. The van der Waals surface area contributed by atoms with Gasteiger partial charge in [-0.15, -0.1) is 0 Å². The number of aromatic carboxylic acids is 1. The molecule has 1 aromatic carbocycles. The minimum Gasteiger partial charge on any atom is -0.478 e. The number of imidazole rings is 1. The Hall–Kier alpha value is -2.08. The van der Waals surface area contributed by atoms with Crippen LogP contribution in [-0.2, 0) is 6.54 Å². The molecular weight excluding hydrogens is 270 g/mol. The quantitative estimate of drug-likeness (QED) is 0.850. The second kappa shape index (κ2) is 6.13. The highest BCUT2D eigenvalue weighted by Crippen LogP contribution is 2.13. The highest BCUT2D eigenvalue weighted by molar-refractivity contribution is 5.92. The lowest BCUT2D eigenvalue weighted by molar-refractivity contribution is 0.0697. The van der Waals surface area contributed by atoms with E-state index in [1.54, 1.807) is 10.6 Å². The van der Waals surface area contributed by atoms with Crippen molar-refractivity contribution in [3.05, 3.63) is 34.2 Å². The molecule has 2 aromatic rings. The van der Waals surface area contributed by atoms with Gasteiger partial charge in [0, 0.05) is 12.6 Å². The zero-order valence-corrected chi connectivity index (χ0v) is 12.6. The molecule has 0 unspecified atom stereocenters. The maximum Gasteiger partial charge on any atom is 0.335 e. The molecule has 0 saturated carbocycles. The third-order valence-electron chi connectivity index (χ3n) is 3.80. The average molecular weight is 291 g/mol. The van der Waals surface area contributed by atoms with Crippen molar-refractivity contribution >= 4 is 17.0 Å². The van der Waals surface area contributed by atoms with Crippen LogP contribution < -0.4 is 5.69 Å². The van der Waals surface area contributed by atoms with Gasteiger partial charge in [-0.1, -0.05) is 0 Å². The Bertz CT molecular complexity index is 700. The fourth-order valence-corrected chi connectivity index (χ4v) is 2.26. The lowest BCUT2D eigenvalue weighted by Crippen LogP contribution is -2.28. The van der Waals surface area contributed by atoms with E-state index in [-0.39, 0.29) is 11.3 Å². The second-order valence-corrected chi connectivity index (χ2v) is 5.55. The standard InChI is InChI=1S/C15H21N3O3/c1-10(2)17(3)7-4-8-18-13-6-5-11(14(19)20)9-12(13)16-15(18)21/h5-6,9-10H,4,7-8H2,1-3H3,(H,16,21)(H,19,20). The molecule has 21 heavy (non-hydrogen) atoms. The van der Waals surface area contributed by atoms with Gasteiger partial charge in [-0.3, -0.25) is 4.57 Å². The summed E-state index contributed by atoms with van der Waals surface area (Å²) < 4.78 is 1.66. The Morgan fingerprint density at radius 3 is 2.76 bits per heavy atom. The van der Waals surface area contributed by atoms with E-state index in [9.17, 15) is 9.59 Å². The first-order valence-electron chi connectivity index (χ1n) is 7.06. The fourth-order valence-electron chi connectivity index (χ4n) is 2.26. The van der Waals surface area contributed by atoms with Crippen LogP contribution >= 0.6 is 0 Å². The number of carbonyl (C=O) groups is 1. The first kappa shape index (κ1) is 15.3. The molecule has 0 amide bonds. The van der Waals surface area contributed by atoms with Crippen LogP contribution in [0.2, 0.25) is 0 Å². The largest absolute Gasteiger partial charge is 0.478 e. The van der Waals surface area contributed by atoms with Crippen LogP contribution in [0.4, 0.5) is 0 Å². The van der Waals surface area contributed by atoms with Crippen LogP contribution in [0.5, 0.6) is 0 Å². The molecule has 0 spiro atoms. The summed E-state index contributed by atoms with van der Waals surface area (Å²) in [6, 6.07) is 5.18. The summed E-state index contributed by atoms with van der Waals surface area (Å²) >= 11 is 0. The summed E-state index contributed by atoms with van der Waals surface area (Å²) in [7, 11) is 2.06. The zero-order chi connectivity index (χ0) is 15.6. The van der Waals surface area contributed by atoms with Gasteiger partial charge < -0.3 is 15.0 Å². The number of hydrogen-bond acceptors (Lipinski definition) is 3. The van der Waals surface area contributed by atoms with Gasteiger partial charge in [0.1, 0.15) is 0 Å². The first-order valence-corrected chi connectivity index (χ1v) is 7.06. The summed E-state index contributed by atoms with van der Waals surface area (Å²) in [5, 5.41) is 8.97. The van der Waals surface area contributed by atoms with Crippen LogP contribution in [0.25, 0.3) is 11.0 Å². The molecule has 2 N–H and O–H groups in total. The van der Waals surface area contributed by atoms with Gasteiger partial charge >= 0.3 is 11.7 Å². The first-order chi connectivity index (χ1) is 9.90. The number of H-pyrrole nitrogens is 1. The molecule has 0 bridgehead atoms. The molecule has 0 aliphatic rings. The number of carboxylic acid groups (broad SMARTS) is 1. The van der Waals surface area contributed by atoms with Gasteiger partial charge in [-0.2, -0.15) is 0 Å². The number of carboxylic acids is 1. The highest BCUT2D eigenvalue weighted by atomic mass is 16.4. The Balaban J connectivity index is 2.19. The SMILES string of the molecule is CC(C)N(C)CCCn1c(=O)[nH]c2cc(C(=O)O)ccc21. The molecule has 114 valence electrons. The Labute approximate surface area is 123 Å². The van der Waals surface area contributed by atoms with Crippen LogP contribution in [0, 0.1) is 0 Å². The number of nitrogens with zero attached hydrogens (tertiary/aromatic N) is 2. The molecule has 0 saturated heterocycles. The molecule has 0 radical (unpaired) electrons. The molecule has 1 heterocycles. The lowest BCUT2D eigenvalue weighted by atomic mass is 10.2. The molecule has 0 fully saturated rings. The van der Waals surface area contributed by atoms with Crippen LogP contribution in [0.3, 0.4) is 0 Å². The van der Waals surface area contributed by atoms with Crippen molar-refractivity contribution in [1.29, 1.82) is 0 Å². The summed E-state index contributed by atoms with van der Waals surface area (Å²) in [6.45, 7) is 5.78. The Kier molecular flexibility index (Phi) is 4.47. The van der Waals surface area contributed by atoms with E-state index in [1.807, 2.05) is 0 Å². The smallest absolute Gasteiger partial charge is 0.335 e. The summed E-state index contributed by atoms with van der Waals surface area (Å²) in [4.78, 5) is 27.9. The van der Waals surface area contributed by atoms with Gasteiger partial charge in [0.2, 0.25) is 0 Å². The summed E-state index contributed by atoms with van der Waals surface area (Å²) in [6.07, 6.45) is 0.863. The van der Waals surface area contributed by atoms with Crippen molar-refractivity contribution in [2.75, 3.05) is 13.6 Å². The van der Waals surface area contributed by atoms with Crippen molar-refractivity contribution in [1.82, 2.24) is 14.5 Å². The number of rotatable bonds is 6. The number of hydrogen-bond donors (Lipinski definition) is 2. The molecule has 0 aliphatic heterocycles. The lowest BCUT2D eigenvalue weighted by Gasteiger charge is -2.20. The third kappa shape index (κ3) is 3.33. The van der Waals surface area contributed by atoms with E-state index in [2.05, 4.69) is 30.8 Å². The second-order valence-electron chi connectivity index (χ2n) is 5.55. The Morgan fingerprint density at radius 2 is 2.14 bits per heavy atom. The maximum atomic E-state index is 12.0. The number of aromatic amines is 1. The minimum absolute atomic E-state index is 0.176. The molecule has 6 heteroatoms. The van der Waals surface area contributed by atoms with Crippen molar-refractivity contribution < 1.29 is 9.90 Å². The van der Waals surface area contributed by atoms with E-state index in [1.165, 1.54) is 12.1 Å². The predicted molar refractivity (Wildman–Crippen MR) is 81.9 cm³/mol. The number of aryl methyl sites for hydroxylation is 1. The van der Waals surface area contributed by atoms with Crippen LogP contribution in [-0.4, -0.2) is 45.2 Å². The van der Waals surface area contributed by atoms with Crippen molar-refractivity contribution in [2.45, 2.75) is 32.9 Å². The van der Waals surface area contributed by atoms with E-state index < -0.39 is 5.97 Å². The van der Waals surface area contributed by atoms with Crippen molar-refractivity contribution in [3.8, 4) is 0 Å². The molecule has 2 rings (SSSR count). The highest BCUT2D eigenvalue weighted by Gasteiger charge is 2.10.